The summed E-state index contributed by atoms with van der Waals surface area (Å²) < 4.78 is 0. The number of rotatable bonds is 3. The Balaban J connectivity index is 2.10. The number of amides is 1. The molecule has 0 unspecified atom stereocenters. The molecule has 4 heteroatoms. The molecule has 0 radical (unpaired) electrons. The van der Waals surface area contributed by atoms with E-state index in [1.165, 1.54) is 12.5 Å². The second-order valence-electron chi connectivity index (χ2n) is 5.22. The molecule has 0 spiro atoms. The average Bonchev–Trinajstić information content (AvgIpc) is 2.53. The van der Waals surface area contributed by atoms with Gasteiger partial charge in [0.2, 0.25) is 0 Å². The van der Waals surface area contributed by atoms with E-state index in [4.69, 9.17) is 10.5 Å². The molecule has 1 aliphatic rings. The molecular formula is C17H17N3O. The summed E-state index contributed by atoms with van der Waals surface area (Å²) in [4.78, 5) is 12.1. The van der Waals surface area contributed by atoms with E-state index >= 15 is 0 Å². The Morgan fingerprint density at radius 1 is 1.24 bits per heavy atom. The Hall–Kier alpha value is -2.59. The molecule has 21 heavy (non-hydrogen) atoms. The summed E-state index contributed by atoms with van der Waals surface area (Å²) in [6.45, 7) is 0. The second kappa shape index (κ2) is 7.26. The Kier molecular flexibility index (Phi) is 5.12. The van der Waals surface area contributed by atoms with E-state index in [-0.39, 0.29) is 17.5 Å². The first kappa shape index (κ1) is 14.8. The zero-order chi connectivity index (χ0) is 15.1. The lowest BCUT2D eigenvalue weighted by molar-refractivity contribution is -0.117. The van der Waals surface area contributed by atoms with Gasteiger partial charge < -0.3 is 5.32 Å². The molecule has 1 amide bonds. The van der Waals surface area contributed by atoms with Crippen LogP contribution in [0.2, 0.25) is 0 Å². The van der Waals surface area contributed by atoms with Gasteiger partial charge in [-0.15, -0.1) is 0 Å². The zero-order valence-corrected chi connectivity index (χ0v) is 11.8. The van der Waals surface area contributed by atoms with Crippen molar-refractivity contribution in [3.63, 3.8) is 0 Å². The molecule has 1 fully saturated rings. The van der Waals surface area contributed by atoms with E-state index in [1.54, 1.807) is 24.3 Å². The van der Waals surface area contributed by atoms with E-state index in [2.05, 4.69) is 5.32 Å². The molecule has 1 N–H and O–H groups in total. The number of carbonyl (C=O) groups is 1. The molecule has 0 saturated heterocycles. The van der Waals surface area contributed by atoms with Gasteiger partial charge in [0.1, 0.15) is 11.6 Å². The van der Waals surface area contributed by atoms with Crippen molar-refractivity contribution < 1.29 is 4.79 Å². The predicted octanol–water partition coefficient (Wildman–Crippen LogP) is 2.91. The highest BCUT2D eigenvalue weighted by atomic mass is 16.1. The molecule has 1 aromatic carbocycles. The molecule has 0 atom stereocenters. The fourth-order valence-corrected chi connectivity index (χ4v) is 2.52. The topological polar surface area (TPSA) is 76.7 Å². The first-order chi connectivity index (χ1) is 10.2. The van der Waals surface area contributed by atoms with Gasteiger partial charge >= 0.3 is 0 Å². The monoisotopic (exact) mass is 279 g/mol. The van der Waals surface area contributed by atoms with Crippen LogP contribution < -0.4 is 5.32 Å². The molecule has 2 rings (SSSR count). The predicted molar refractivity (Wildman–Crippen MR) is 79.8 cm³/mol. The fourth-order valence-electron chi connectivity index (χ4n) is 2.52. The van der Waals surface area contributed by atoms with Crippen LogP contribution in [-0.4, -0.2) is 11.9 Å². The van der Waals surface area contributed by atoms with E-state index in [0.717, 1.165) is 25.7 Å². The minimum atomic E-state index is -0.327. The smallest absolute Gasteiger partial charge is 0.262 e. The van der Waals surface area contributed by atoms with Gasteiger partial charge in [0.25, 0.3) is 5.91 Å². The molecule has 4 nitrogen and oxygen atoms in total. The highest BCUT2D eigenvalue weighted by Crippen LogP contribution is 2.18. The van der Waals surface area contributed by atoms with E-state index in [9.17, 15) is 4.79 Å². The van der Waals surface area contributed by atoms with Crippen molar-refractivity contribution in [2.75, 3.05) is 0 Å². The van der Waals surface area contributed by atoms with Crippen LogP contribution in [0, 0.1) is 22.7 Å². The summed E-state index contributed by atoms with van der Waals surface area (Å²) in [6.07, 6.45) is 6.96. The molecule has 1 aromatic rings. The Labute approximate surface area is 124 Å². The van der Waals surface area contributed by atoms with Crippen molar-refractivity contribution in [1.82, 2.24) is 5.32 Å². The van der Waals surface area contributed by atoms with Crippen LogP contribution in [0.5, 0.6) is 0 Å². The lowest BCUT2D eigenvalue weighted by Crippen LogP contribution is -2.36. The molecule has 0 aliphatic heterocycles. The molecule has 106 valence electrons. The maximum atomic E-state index is 12.1. The molecule has 1 aliphatic carbocycles. The van der Waals surface area contributed by atoms with E-state index in [1.807, 2.05) is 12.1 Å². The lowest BCUT2D eigenvalue weighted by Gasteiger charge is -2.22. The molecular weight excluding hydrogens is 262 g/mol. The lowest BCUT2D eigenvalue weighted by atomic mass is 9.95. The molecule has 1 saturated carbocycles. The average molecular weight is 279 g/mol. The Morgan fingerprint density at radius 3 is 2.67 bits per heavy atom. The molecule has 0 bridgehead atoms. The van der Waals surface area contributed by atoms with Crippen LogP contribution >= 0.6 is 0 Å². The van der Waals surface area contributed by atoms with Gasteiger partial charge in [-0.3, -0.25) is 4.79 Å². The standard InChI is InChI=1S/C17H17N3O/c18-11-14-6-4-5-13(9-14)10-15(12-19)17(21)20-16-7-2-1-3-8-16/h4-6,9-10,16H,1-3,7-8H2,(H,20,21)/b15-10+. The number of hydrogen-bond donors (Lipinski definition) is 1. The largest absolute Gasteiger partial charge is 0.349 e. The number of carbonyl (C=O) groups excluding carboxylic acids is 1. The summed E-state index contributed by atoms with van der Waals surface area (Å²) in [5, 5.41) is 21.0. The Morgan fingerprint density at radius 2 is 2.00 bits per heavy atom. The summed E-state index contributed by atoms with van der Waals surface area (Å²) in [5.74, 6) is -0.327. The minimum Gasteiger partial charge on any atom is -0.349 e. The summed E-state index contributed by atoms with van der Waals surface area (Å²) in [6, 6.07) is 11.0. The number of benzene rings is 1. The van der Waals surface area contributed by atoms with Gasteiger partial charge in [-0.25, -0.2) is 0 Å². The maximum Gasteiger partial charge on any atom is 0.262 e. The van der Waals surface area contributed by atoms with Crippen molar-refractivity contribution in [2.24, 2.45) is 0 Å². The summed E-state index contributed by atoms with van der Waals surface area (Å²) in [5.41, 5.74) is 1.27. The summed E-state index contributed by atoms with van der Waals surface area (Å²) >= 11 is 0. The van der Waals surface area contributed by atoms with Gasteiger partial charge in [-0.2, -0.15) is 10.5 Å². The van der Waals surface area contributed by atoms with Crippen LogP contribution in [0.25, 0.3) is 6.08 Å². The number of hydrogen-bond acceptors (Lipinski definition) is 3. The zero-order valence-electron chi connectivity index (χ0n) is 11.8. The van der Waals surface area contributed by atoms with E-state index < -0.39 is 0 Å². The van der Waals surface area contributed by atoms with Gasteiger partial charge in [0, 0.05) is 6.04 Å². The number of nitrogens with zero attached hydrogens (tertiary/aromatic N) is 2. The Bertz CT molecular complexity index is 628. The first-order valence-electron chi connectivity index (χ1n) is 7.16. The maximum absolute atomic E-state index is 12.1. The third-order valence-corrected chi connectivity index (χ3v) is 3.63. The number of nitriles is 2. The van der Waals surface area contributed by atoms with Gasteiger partial charge in [0.15, 0.2) is 0 Å². The molecule has 0 aromatic heterocycles. The highest BCUT2D eigenvalue weighted by molar-refractivity contribution is 6.01. The van der Waals surface area contributed by atoms with Gasteiger partial charge in [0.05, 0.1) is 11.6 Å². The molecule has 0 heterocycles. The van der Waals surface area contributed by atoms with E-state index in [0.29, 0.717) is 11.1 Å². The van der Waals surface area contributed by atoms with Crippen LogP contribution in [0.15, 0.2) is 29.8 Å². The fraction of sp³-hybridized carbons (Fsp3) is 0.353. The number of nitrogens with one attached hydrogen (secondary N) is 1. The van der Waals surface area contributed by atoms with Crippen LogP contribution in [0.1, 0.15) is 43.2 Å². The van der Waals surface area contributed by atoms with Crippen molar-refractivity contribution in [1.29, 1.82) is 10.5 Å². The minimum absolute atomic E-state index is 0.0793. The normalized spacial score (nSPS) is 15.8. The van der Waals surface area contributed by atoms with Crippen molar-refractivity contribution >= 4 is 12.0 Å². The quantitative estimate of drug-likeness (QED) is 0.682. The third-order valence-electron chi connectivity index (χ3n) is 3.63. The van der Waals surface area contributed by atoms with Crippen LogP contribution in [-0.2, 0) is 4.79 Å². The van der Waals surface area contributed by atoms with Crippen LogP contribution in [0.4, 0.5) is 0 Å². The van der Waals surface area contributed by atoms with Gasteiger partial charge in [-0.05, 0) is 36.6 Å². The summed E-state index contributed by atoms with van der Waals surface area (Å²) in [7, 11) is 0. The second-order valence-corrected chi connectivity index (χ2v) is 5.22. The van der Waals surface area contributed by atoms with Crippen molar-refractivity contribution in [3.8, 4) is 12.1 Å². The highest BCUT2D eigenvalue weighted by Gasteiger charge is 2.17. The van der Waals surface area contributed by atoms with Gasteiger partial charge in [-0.1, -0.05) is 31.4 Å². The SMILES string of the molecule is N#C/C(=C\c1cccc(C#N)c1)C(=O)NC1CCCCC1. The van der Waals surface area contributed by atoms with Crippen molar-refractivity contribution in [2.45, 2.75) is 38.1 Å². The van der Waals surface area contributed by atoms with Crippen LogP contribution in [0.3, 0.4) is 0 Å². The van der Waals surface area contributed by atoms with Crippen molar-refractivity contribution in [3.05, 3.63) is 41.0 Å². The first-order valence-corrected chi connectivity index (χ1v) is 7.16. The third kappa shape index (κ3) is 4.19.